The Morgan fingerprint density at radius 1 is 1.44 bits per heavy atom. The van der Waals surface area contributed by atoms with Crippen molar-refractivity contribution in [3.8, 4) is 0 Å². The number of aryl methyl sites for hydroxylation is 2. The van der Waals surface area contributed by atoms with E-state index in [0.29, 0.717) is 0 Å². The molecule has 1 aliphatic heterocycles. The maximum atomic E-state index is 11.5. The number of carbonyl (C=O) groups excluding carboxylic acids is 1. The summed E-state index contributed by atoms with van der Waals surface area (Å²) in [6, 6.07) is 0. The van der Waals surface area contributed by atoms with Gasteiger partial charge in [-0.05, 0) is 32.1 Å². The summed E-state index contributed by atoms with van der Waals surface area (Å²) in [7, 11) is 1.47. The molecule has 5 heteroatoms. The van der Waals surface area contributed by atoms with E-state index in [9.17, 15) is 4.79 Å². The minimum atomic E-state index is -0.0844. The van der Waals surface area contributed by atoms with Crippen molar-refractivity contribution in [1.29, 1.82) is 0 Å². The molecule has 3 rings (SSSR count). The van der Waals surface area contributed by atoms with E-state index < -0.39 is 0 Å². The first-order valence-corrected chi connectivity index (χ1v) is 7.41. The second-order valence-electron chi connectivity index (χ2n) is 5.03. The van der Waals surface area contributed by atoms with Gasteiger partial charge < -0.3 is 9.64 Å². The summed E-state index contributed by atoms with van der Waals surface area (Å²) < 4.78 is 4.82. The average molecular weight is 266 g/mol. The summed E-state index contributed by atoms with van der Waals surface area (Å²) in [5.41, 5.74) is 1.29. The molecule has 98 valence electrons. The molecule has 1 atom stereocenters. The first-order valence-electron chi connectivity index (χ1n) is 6.59. The minimum absolute atomic E-state index is 0.0240. The number of hydrogen-bond donors (Lipinski definition) is 0. The number of hydrogen-bond acceptors (Lipinski definition) is 5. The molecule has 18 heavy (non-hydrogen) atoms. The number of nitrogens with zero attached hydrogens (tertiary/aromatic N) is 2. The largest absolute Gasteiger partial charge is 0.469 e. The van der Waals surface area contributed by atoms with Gasteiger partial charge in [0, 0.05) is 18.0 Å². The Hall–Kier alpha value is -1.10. The number of methoxy groups -OCH3 is 1. The van der Waals surface area contributed by atoms with Gasteiger partial charge >= 0.3 is 5.97 Å². The van der Waals surface area contributed by atoms with Crippen molar-refractivity contribution in [2.45, 2.75) is 32.1 Å². The van der Waals surface area contributed by atoms with E-state index in [4.69, 9.17) is 9.72 Å². The molecular weight excluding hydrogens is 248 g/mol. The van der Waals surface area contributed by atoms with Crippen LogP contribution in [0.25, 0.3) is 0 Å². The van der Waals surface area contributed by atoms with Crippen molar-refractivity contribution < 1.29 is 9.53 Å². The van der Waals surface area contributed by atoms with Crippen LogP contribution in [-0.2, 0) is 22.4 Å². The Morgan fingerprint density at radius 2 is 2.28 bits per heavy atom. The van der Waals surface area contributed by atoms with Crippen molar-refractivity contribution in [2.24, 2.45) is 5.92 Å². The predicted molar refractivity (Wildman–Crippen MR) is 71.1 cm³/mol. The molecule has 1 fully saturated rings. The van der Waals surface area contributed by atoms with Crippen LogP contribution in [0.4, 0.5) is 5.13 Å². The first-order chi connectivity index (χ1) is 8.78. The van der Waals surface area contributed by atoms with E-state index in [1.54, 1.807) is 0 Å². The summed E-state index contributed by atoms with van der Waals surface area (Å²) in [5.74, 6) is -0.0604. The Labute approximate surface area is 111 Å². The minimum Gasteiger partial charge on any atom is -0.469 e. The van der Waals surface area contributed by atoms with Gasteiger partial charge in [0.25, 0.3) is 0 Å². The lowest BCUT2D eigenvalue weighted by molar-refractivity contribution is -0.144. The highest BCUT2D eigenvalue weighted by Crippen LogP contribution is 2.34. The van der Waals surface area contributed by atoms with Crippen LogP contribution in [0.3, 0.4) is 0 Å². The molecule has 1 saturated heterocycles. The van der Waals surface area contributed by atoms with Gasteiger partial charge in [-0.1, -0.05) is 0 Å². The first kappa shape index (κ1) is 12.0. The quantitative estimate of drug-likeness (QED) is 0.768. The number of thiazole rings is 1. The third kappa shape index (κ3) is 2.11. The van der Waals surface area contributed by atoms with Gasteiger partial charge in [-0.25, -0.2) is 4.98 Å². The Kier molecular flexibility index (Phi) is 3.24. The summed E-state index contributed by atoms with van der Waals surface area (Å²) in [4.78, 5) is 20.0. The normalized spacial score (nSPS) is 22.9. The lowest BCUT2D eigenvalue weighted by Gasteiger charge is -2.13. The molecule has 2 aliphatic rings. The second kappa shape index (κ2) is 4.88. The van der Waals surface area contributed by atoms with E-state index in [0.717, 1.165) is 31.1 Å². The van der Waals surface area contributed by atoms with Gasteiger partial charge in [0.15, 0.2) is 5.13 Å². The van der Waals surface area contributed by atoms with Crippen molar-refractivity contribution >= 4 is 22.4 Å². The number of esters is 1. The highest BCUT2D eigenvalue weighted by atomic mass is 32.1. The fourth-order valence-corrected chi connectivity index (χ4v) is 3.95. The smallest absolute Gasteiger partial charge is 0.310 e. The zero-order chi connectivity index (χ0) is 12.5. The van der Waals surface area contributed by atoms with Gasteiger partial charge in [-0.15, -0.1) is 11.3 Å². The highest BCUT2D eigenvalue weighted by Gasteiger charge is 2.31. The summed E-state index contributed by atoms with van der Waals surface area (Å²) in [5, 5.41) is 1.10. The zero-order valence-corrected chi connectivity index (χ0v) is 11.5. The van der Waals surface area contributed by atoms with Gasteiger partial charge in [0.1, 0.15) is 0 Å². The Balaban J connectivity index is 1.72. The standard InChI is InChI=1S/C13H18N2O2S/c1-17-12(16)9-6-7-15(8-9)13-14-10-4-2-3-5-11(10)18-13/h9H,2-8H2,1H3. The number of rotatable bonds is 2. The molecule has 1 unspecified atom stereocenters. The van der Waals surface area contributed by atoms with E-state index in [2.05, 4.69) is 4.90 Å². The topological polar surface area (TPSA) is 42.4 Å². The molecule has 0 N–H and O–H groups in total. The van der Waals surface area contributed by atoms with Gasteiger partial charge in [-0.3, -0.25) is 4.79 Å². The van der Waals surface area contributed by atoms with E-state index in [1.807, 2.05) is 11.3 Å². The van der Waals surface area contributed by atoms with E-state index in [1.165, 1.54) is 36.9 Å². The molecule has 1 aromatic rings. The molecule has 1 aliphatic carbocycles. The van der Waals surface area contributed by atoms with Crippen LogP contribution in [0.5, 0.6) is 0 Å². The van der Waals surface area contributed by atoms with Crippen LogP contribution < -0.4 is 4.90 Å². The van der Waals surface area contributed by atoms with Crippen molar-refractivity contribution in [2.75, 3.05) is 25.1 Å². The number of fused-ring (bicyclic) bond motifs is 1. The monoisotopic (exact) mass is 266 g/mol. The van der Waals surface area contributed by atoms with Crippen LogP contribution in [0.15, 0.2) is 0 Å². The molecule has 0 amide bonds. The summed E-state index contributed by atoms with van der Waals surface area (Å²) in [6.45, 7) is 1.69. The molecule has 0 saturated carbocycles. The van der Waals surface area contributed by atoms with Gasteiger partial charge in [0.2, 0.25) is 0 Å². The molecule has 2 heterocycles. The molecular formula is C13H18N2O2S. The third-order valence-corrected chi connectivity index (χ3v) is 5.05. The Morgan fingerprint density at radius 3 is 3.06 bits per heavy atom. The zero-order valence-electron chi connectivity index (χ0n) is 10.6. The number of anilines is 1. The van der Waals surface area contributed by atoms with Crippen LogP contribution in [0, 0.1) is 5.92 Å². The fraction of sp³-hybridized carbons (Fsp3) is 0.692. The molecule has 1 aromatic heterocycles. The van der Waals surface area contributed by atoms with Crippen LogP contribution in [0.2, 0.25) is 0 Å². The fourth-order valence-electron chi connectivity index (χ4n) is 2.77. The summed E-state index contributed by atoms with van der Waals surface area (Å²) in [6.07, 6.45) is 5.75. The number of carbonyl (C=O) groups is 1. The van der Waals surface area contributed by atoms with Gasteiger partial charge in [0.05, 0.1) is 18.7 Å². The molecule has 0 spiro atoms. The van der Waals surface area contributed by atoms with E-state index >= 15 is 0 Å². The van der Waals surface area contributed by atoms with Crippen molar-refractivity contribution in [1.82, 2.24) is 4.98 Å². The van der Waals surface area contributed by atoms with Crippen molar-refractivity contribution in [3.63, 3.8) is 0 Å². The number of ether oxygens (including phenoxy) is 1. The van der Waals surface area contributed by atoms with Crippen LogP contribution in [0.1, 0.15) is 29.8 Å². The predicted octanol–water partition coefficient (Wildman–Crippen LogP) is 2.02. The average Bonchev–Trinajstić information content (AvgIpc) is 3.03. The maximum absolute atomic E-state index is 11.5. The number of aromatic nitrogens is 1. The van der Waals surface area contributed by atoms with Crippen molar-refractivity contribution in [3.05, 3.63) is 10.6 Å². The van der Waals surface area contributed by atoms with Crippen LogP contribution >= 0.6 is 11.3 Å². The molecule has 0 bridgehead atoms. The molecule has 4 nitrogen and oxygen atoms in total. The third-order valence-electron chi connectivity index (χ3n) is 3.83. The SMILES string of the molecule is COC(=O)C1CCN(c2nc3c(s2)CCCC3)C1. The second-order valence-corrected chi connectivity index (χ2v) is 6.09. The summed E-state index contributed by atoms with van der Waals surface area (Å²) >= 11 is 1.82. The molecule has 0 radical (unpaired) electrons. The van der Waals surface area contributed by atoms with Crippen LogP contribution in [-0.4, -0.2) is 31.2 Å². The van der Waals surface area contributed by atoms with Gasteiger partial charge in [-0.2, -0.15) is 0 Å². The van der Waals surface area contributed by atoms with E-state index in [-0.39, 0.29) is 11.9 Å². The lowest BCUT2D eigenvalue weighted by Crippen LogP contribution is -2.23. The maximum Gasteiger partial charge on any atom is 0.310 e. The Bertz CT molecular complexity index is 434. The lowest BCUT2D eigenvalue weighted by atomic mass is 10.0. The molecule has 0 aromatic carbocycles. The highest BCUT2D eigenvalue weighted by molar-refractivity contribution is 7.15.